The quantitative estimate of drug-likeness (QED) is 0.197. The fourth-order valence-electron chi connectivity index (χ4n) is 4.79. The van der Waals surface area contributed by atoms with Gasteiger partial charge in [0.05, 0.1) is 18.2 Å². The number of nitrogens with zero attached hydrogens (tertiary/aromatic N) is 7. The van der Waals surface area contributed by atoms with Crippen LogP contribution in [0.3, 0.4) is 0 Å². The smallest absolute Gasteiger partial charge is 0.434 e. The van der Waals surface area contributed by atoms with Crippen molar-refractivity contribution >= 4 is 11.0 Å². The minimum Gasteiger partial charge on any atom is -0.480 e. The molecule has 12 heteroatoms. The molecule has 6 rings (SSSR count). The van der Waals surface area contributed by atoms with Crippen molar-refractivity contribution in [3.8, 4) is 34.5 Å². The molecule has 1 aliphatic rings. The summed E-state index contributed by atoms with van der Waals surface area (Å²) in [7, 11) is 1.54. The van der Waals surface area contributed by atoms with Gasteiger partial charge in [-0.2, -0.15) is 18.2 Å². The van der Waals surface area contributed by atoms with Crippen molar-refractivity contribution < 1.29 is 22.6 Å². The Balaban J connectivity index is 1.30. The summed E-state index contributed by atoms with van der Waals surface area (Å²) in [4.78, 5) is 26.5. The molecule has 1 saturated carbocycles. The molecule has 1 fully saturated rings. The van der Waals surface area contributed by atoms with Crippen molar-refractivity contribution in [1.29, 1.82) is 0 Å². The maximum absolute atomic E-state index is 13.4. The molecule has 5 aromatic rings. The minimum absolute atomic E-state index is 0.150. The topological polar surface area (TPSA) is 101 Å². The summed E-state index contributed by atoms with van der Waals surface area (Å²) in [5.41, 5.74) is 2.39. The third-order valence-corrected chi connectivity index (χ3v) is 6.88. The van der Waals surface area contributed by atoms with Crippen LogP contribution in [0.1, 0.15) is 49.6 Å². The number of alkyl halides is 3. The molecule has 0 aliphatic heterocycles. The summed E-state index contributed by atoms with van der Waals surface area (Å²) in [5.74, 6) is 1.80. The van der Waals surface area contributed by atoms with E-state index in [1.807, 2.05) is 19.9 Å². The van der Waals surface area contributed by atoms with E-state index in [9.17, 15) is 13.2 Å². The van der Waals surface area contributed by atoms with Crippen molar-refractivity contribution in [3.05, 3.63) is 72.1 Å². The molecule has 0 N–H and O–H groups in total. The van der Waals surface area contributed by atoms with Crippen LogP contribution in [-0.2, 0) is 19.3 Å². The molecule has 1 aromatic carbocycles. The van der Waals surface area contributed by atoms with E-state index in [0.717, 1.165) is 30.3 Å². The lowest BCUT2D eigenvalue weighted by Gasteiger charge is -2.14. The van der Waals surface area contributed by atoms with E-state index in [2.05, 4.69) is 24.9 Å². The van der Waals surface area contributed by atoms with Crippen LogP contribution in [0.15, 0.2) is 55.1 Å². The lowest BCUT2D eigenvalue weighted by Crippen LogP contribution is -2.06. The van der Waals surface area contributed by atoms with Crippen LogP contribution in [0.25, 0.3) is 33.8 Å². The number of ether oxygens (including phenoxy) is 2. The zero-order valence-electron chi connectivity index (χ0n) is 23.3. The van der Waals surface area contributed by atoms with Crippen LogP contribution < -0.4 is 9.47 Å². The molecular weight excluding hydrogens is 547 g/mol. The second kappa shape index (κ2) is 11.0. The third kappa shape index (κ3) is 5.61. The van der Waals surface area contributed by atoms with Gasteiger partial charge in [-0.1, -0.05) is 38.1 Å². The van der Waals surface area contributed by atoms with E-state index in [0.29, 0.717) is 52.2 Å². The van der Waals surface area contributed by atoms with Crippen LogP contribution >= 0.6 is 0 Å². The molecule has 0 atom stereocenters. The Hall–Kier alpha value is -4.61. The van der Waals surface area contributed by atoms with Crippen LogP contribution in [0, 0.1) is 5.92 Å². The molecule has 0 bridgehead atoms. The van der Waals surface area contributed by atoms with Gasteiger partial charge in [-0.05, 0) is 36.5 Å². The standard InChI is InChI=1S/C30H28F3N7O2/c1-17(2)13-40-14-22(30(31,32)33)37-27(40)20-8-6-18(7-9-20)15-42-28-21-5-4-12-34-25(21)38-26(39-28)23-24(19-10-11-19)35-16-36-29(23)41-3/h4-9,12,14,16-17,19H,10-11,13,15H2,1-3H3. The Morgan fingerprint density at radius 3 is 2.45 bits per heavy atom. The highest BCUT2D eigenvalue weighted by Gasteiger charge is 2.35. The van der Waals surface area contributed by atoms with Crippen LogP contribution in [0.2, 0.25) is 0 Å². The summed E-state index contributed by atoms with van der Waals surface area (Å²) in [6, 6.07) is 10.7. The first-order valence-corrected chi connectivity index (χ1v) is 13.6. The summed E-state index contributed by atoms with van der Waals surface area (Å²) >= 11 is 0. The predicted molar refractivity (Wildman–Crippen MR) is 149 cm³/mol. The number of benzene rings is 1. The maximum Gasteiger partial charge on any atom is 0.434 e. The second-order valence-electron chi connectivity index (χ2n) is 10.6. The average molecular weight is 576 g/mol. The molecule has 42 heavy (non-hydrogen) atoms. The lowest BCUT2D eigenvalue weighted by atomic mass is 10.1. The Morgan fingerprint density at radius 2 is 1.76 bits per heavy atom. The molecule has 9 nitrogen and oxygen atoms in total. The first kappa shape index (κ1) is 27.6. The van der Waals surface area contributed by atoms with Crippen molar-refractivity contribution in [2.24, 2.45) is 5.92 Å². The number of hydrogen-bond acceptors (Lipinski definition) is 8. The van der Waals surface area contributed by atoms with Crippen LogP contribution in [-0.4, -0.2) is 41.6 Å². The average Bonchev–Trinajstić information content (AvgIpc) is 3.74. The van der Waals surface area contributed by atoms with E-state index >= 15 is 0 Å². The predicted octanol–water partition coefficient (Wildman–Crippen LogP) is 6.49. The monoisotopic (exact) mass is 575 g/mol. The van der Waals surface area contributed by atoms with Gasteiger partial charge < -0.3 is 14.0 Å². The van der Waals surface area contributed by atoms with Crippen molar-refractivity contribution in [2.75, 3.05) is 7.11 Å². The molecule has 0 unspecified atom stereocenters. The Labute approximate surface area is 239 Å². The van der Waals surface area contributed by atoms with Gasteiger partial charge in [0.25, 0.3) is 0 Å². The fourth-order valence-corrected chi connectivity index (χ4v) is 4.79. The normalized spacial score (nSPS) is 13.6. The summed E-state index contributed by atoms with van der Waals surface area (Å²) < 4.78 is 53.5. The van der Waals surface area contributed by atoms with Gasteiger partial charge in [0.2, 0.25) is 11.8 Å². The number of aromatic nitrogens is 7. The first-order chi connectivity index (χ1) is 20.2. The van der Waals surface area contributed by atoms with E-state index in [1.54, 1.807) is 48.2 Å². The molecule has 4 heterocycles. The number of halogens is 3. The zero-order valence-corrected chi connectivity index (χ0v) is 23.3. The Bertz CT molecular complexity index is 1730. The fraction of sp³-hybridized carbons (Fsp3) is 0.333. The third-order valence-electron chi connectivity index (χ3n) is 6.88. The largest absolute Gasteiger partial charge is 0.480 e. The highest BCUT2D eigenvalue weighted by molar-refractivity contribution is 5.83. The summed E-state index contributed by atoms with van der Waals surface area (Å²) in [6.45, 7) is 4.47. The molecule has 1 aliphatic carbocycles. The number of rotatable bonds is 9. The molecule has 0 radical (unpaired) electrons. The second-order valence-corrected chi connectivity index (χ2v) is 10.6. The van der Waals surface area contributed by atoms with Gasteiger partial charge in [0, 0.05) is 30.4 Å². The highest BCUT2D eigenvalue weighted by Crippen LogP contribution is 2.45. The van der Waals surface area contributed by atoms with Gasteiger partial charge in [0.15, 0.2) is 17.2 Å². The molecule has 0 spiro atoms. The molecule has 0 saturated heterocycles. The van der Waals surface area contributed by atoms with Crippen molar-refractivity contribution in [3.63, 3.8) is 0 Å². The number of methoxy groups -OCH3 is 1. The highest BCUT2D eigenvalue weighted by atomic mass is 19.4. The van der Waals surface area contributed by atoms with E-state index in [-0.39, 0.29) is 18.3 Å². The first-order valence-electron chi connectivity index (χ1n) is 13.6. The molecule has 0 amide bonds. The SMILES string of the molecule is COc1ncnc(C2CC2)c1-c1nc(OCc2ccc(-c3nc(C(F)(F)F)cn3CC(C)C)cc2)c2cccnc2n1. The van der Waals surface area contributed by atoms with Crippen molar-refractivity contribution in [2.45, 2.75) is 51.9 Å². The summed E-state index contributed by atoms with van der Waals surface area (Å²) in [5, 5.41) is 0.636. The minimum atomic E-state index is -4.52. The molecule has 216 valence electrons. The number of pyridine rings is 1. The molecule has 4 aromatic heterocycles. The lowest BCUT2D eigenvalue weighted by molar-refractivity contribution is -0.140. The Morgan fingerprint density at radius 1 is 0.976 bits per heavy atom. The Kier molecular flexibility index (Phi) is 7.21. The van der Waals surface area contributed by atoms with Gasteiger partial charge in [0.1, 0.15) is 24.3 Å². The van der Waals surface area contributed by atoms with E-state index in [1.165, 1.54) is 6.33 Å². The van der Waals surface area contributed by atoms with E-state index < -0.39 is 11.9 Å². The van der Waals surface area contributed by atoms with E-state index in [4.69, 9.17) is 14.5 Å². The van der Waals surface area contributed by atoms with Gasteiger partial charge in [-0.25, -0.2) is 24.9 Å². The van der Waals surface area contributed by atoms with Crippen molar-refractivity contribution in [1.82, 2.24) is 34.5 Å². The molecular formula is C30H28F3N7O2. The number of imidazole rings is 1. The summed E-state index contributed by atoms with van der Waals surface area (Å²) in [6.07, 6.45) is 1.72. The van der Waals surface area contributed by atoms with Gasteiger partial charge in [-0.15, -0.1) is 0 Å². The van der Waals surface area contributed by atoms with Gasteiger partial charge in [-0.3, -0.25) is 0 Å². The van der Waals surface area contributed by atoms with Crippen LogP contribution in [0.4, 0.5) is 13.2 Å². The van der Waals surface area contributed by atoms with Gasteiger partial charge >= 0.3 is 6.18 Å². The maximum atomic E-state index is 13.4. The van der Waals surface area contributed by atoms with Crippen LogP contribution in [0.5, 0.6) is 11.8 Å². The zero-order chi connectivity index (χ0) is 29.4. The number of fused-ring (bicyclic) bond motifs is 1. The number of hydrogen-bond donors (Lipinski definition) is 0.